The highest BCUT2D eigenvalue weighted by molar-refractivity contribution is 6.30. The molecule has 1 heterocycles. The lowest BCUT2D eigenvalue weighted by Crippen LogP contribution is -2.28. The van der Waals surface area contributed by atoms with Crippen molar-refractivity contribution in [2.75, 3.05) is 0 Å². The Bertz CT molecular complexity index is 1170. The molecule has 2 N–H and O–H groups in total. The Kier molecular flexibility index (Phi) is 6.50. The van der Waals surface area contributed by atoms with Gasteiger partial charge >= 0.3 is 0 Å². The largest absolute Gasteiger partial charge is 0.457 e. The third-order valence-electron chi connectivity index (χ3n) is 4.68. The molecular formula is C26H22ClN3O. The van der Waals surface area contributed by atoms with Gasteiger partial charge in [-0.15, -0.1) is 0 Å². The van der Waals surface area contributed by atoms with E-state index in [1.807, 2.05) is 84.9 Å². The van der Waals surface area contributed by atoms with Crippen LogP contribution in [0, 0.1) is 0 Å². The zero-order valence-corrected chi connectivity index (χ0v) is 17.6. The molecule has 3 aromatic rings. The third kappa shape index (κ3) is 5.24. The van der Waals surface area contributed by atoms with Crippen LogP contribution in [0.5, 0.6) is 11.5 Å². The summed E-state index contributed by atoms with van der Waals surface area (Å²) in [4.78, 5) is 4.52. The van der Waals surface area contributed by atoms with E-state index in [0.29, 0.717) is 12.4 Å². The second-order valence-electron chi connectivity index (χ2n) is 6.84. The molecule has 0 aromatic heterocycles. The summed E-state index contributed by atoms with van der Waals surface area (Å²) in [6.07, 6.45) is 5.43. The monoisotopic (exact) mass is 427 g/mol. The maximum absolute atomic E-state index is 6.12. The molecule has 4 rings (SSSR count). The van der Waals surface area contributed by atoms with Crippen molar-refractivity contribution < 1.29 is 4.74 Å². The number of aliphatic imine (C=N–C) groups is 1. The Hall–Kier alpha value is -3.76. The standard InChI is InChI=1S/C26H22ClN3O/c1-2-22(23-13-6-7-14-24(23)31-21-11-4-3-5-12-21)26-28-16-15-25(30-26)29-18-19-9-8-10-20(27)17-19/h2-17,29-30H,1,18H2/b26-22+. The molecule has 0 saturated carbocycles. The van der Waals surface area contributed by atoms with Crippen molar-refractivity contribution in [3.8, 4) is 11.5 Å². The van der Waals surface area contributed by atoms with Crippen molar-refractivity contribution in [1.82, 2.24) is 10.6 Å². The molecule has 0 aliphatic carbocycles. The molecule has 0 bridgehead atoms. The minimum atomic E-state index is 0.637. The maximum atomic E-state index is 6.12. The fourth-order valence-corrected chi connectivity index (χ4v) is 3.41. The van der Waals surface area contributed by atoms with Crippen molar-refractivity contribution >= 4 is 23.4 Å². The predicted molar refractivity (Wildman–Crippen MR) is 128 cm³/mol. The number of rotatable bonds is 7. The molecule has 0 fully saturated rings. The minimum Gasteiger partial charge on any atom is -0.457 e. The lowest BCUT2D eigenvalue weighted by atomic mass is 10.0. The number of benzene rings is 3. The average molecular weight is 428 g/mol. The van der Waals surface area contributed by atoms with Crippen LogP contribution in [-0.2, 0) is 6.54 Å². The highest BCUT2D eigenvalue weighted by atomic mass is 35.5. The Balaban J connectivity index is 1.56. The Morgan fingerprint density at radius 2 is 1.84 bits per heavy atom. The van der Waals surface area contributed by atoms with Crippen LogP contribution < -0.4 is 15.4 Å². The van der Waals surface area contributed by atoms with Crippen LogP contribution in [-0.4, -0.2) is 6.21 Å². The van der Waals surface area contributed by atoms with Gasteiger partial charge < -0.3 is 15.4 Å². The van der Waals surface area contributed by atoms with E-state index >= 15 is 0 Å². The van der Waals surface area contributed by atoms with Crippen molar-refractivity contribution in [2.24, 2.45) is 4.99 Å². The molecular weight excluding hydrogens is 406 g/mol. The van der Waals surface area contributed by atoms with Gasteiger partial charge in [0.2, 0.25) is 0 Å². The fourth-order valence-electron chi connectivity index (χ4n) is 3.20. The number of hydrogen-bond donors (Lipinski definition) is 2. The van der Waals surface area contributed by atoms with Gasteiger partial charge in [0.1, 0.15) is 23.1 Å². The van der Waals surface area contributed by atoms with Gasteiger partial charge in [-0.2, -0.15) is 0 Å². The second kappa shape index (κ2) is 9.83. The first-order valence-corrected chi connectivity index (χ1v) is 10.3. The number of nitrogens with one attached hydrogen (secondary N) is 2. The van der Waals surface area contributed by atoms with Gasteiger partial charge in [0.05, 0.1) is 0 Å². The lowest BCUT2D eigenvalue weighted by molar-refractivity contribution is 0.481. The molecule has 0 saturated heterocycles. The van der Waals surface area contributed by atoms with Crippen molar-refractivity contribution in [3.63, 3.8) is 0 Å². The number of allylic oxidation sites excluding steroid dienone is 3. The fraction of sp³-hybridized carbons (Fsp3) is 0.0385. The minimum absolute atomic E-state index is 0.637. The molecule has 0 unspecified atom stereocenters. The van der Waals surface area contributed by atoms with Crippen LogP contribution in [0.3, 0.4) is 0 Å². The number of halogens is 1. The van der Waals surface area contributed by atoms with Gasteiger partial charge in [-0.3, -0.25) is 0 Å². The molecule has 0 spiro atoms. The summed E-state index contributed by atoms with van der Waals surface area (Å²) in [5.74, 6) is 3.03. The molecule has 31 heavy (non-hydrogen) atoms. The van der Waals surface area contributed by atoms with Gasteiger partial charge in [0, 0.05) is 28.9 Å². The van der Waals surface area contributed by atoms with Gasteiger partial charge in [-0.05, 0) is 42.0 Å². The van der Waals surface area contributed by atoms with E-state index in [2.05, 4.69) is 22.2 Å². The first kappa shape index (κ1) is 20.5. The maximum Gasteiger partial charge on any atom is 0.139 e. The highest BCUT2D eigenvalue weighted by Gasteiger charge is 2.14. The Morgan fingerprint density at radius 3 is 2.65 bits per heavy atom. The van der Waals surface area contributed by atoms with Crippen molar-refractivity contribution in [2.45, 2.75) is 6.54 Å². The third-order valence-corrected chi connectivity index (χ3v) is 4.91. The van der Waals surface area contributed by atoms with Gasteiger partial charge in [0.15, 0.2) is 0 Å². The number of para-hydroxylation sites is 2. The highest BCUT2D eigenvalue weighted by Crippen LogP contribution is 2.32. The normalized spacial score (nSPS) is 14.3. The van der Waals surface area contributed by atoms with E-state index in [0.717, 1.165) is 39.0 Å². The van der Waals surface area contributed by atoms with E-state index < -0.39 is 0 Å². The van der Waals surface area contributed by atoms with Crippen LogP contribution in [0.1, 0.15) is 11.1 Å². The van der Waals surface area contributed by atoms with E-state index in [-0.39, 0.29) is 0 Å². The molecule has 0 radical (unpaired) electrons. The molecule has 1 aliphatic rings. The quantitative estimate of drug-likeness (QED) is 0.465. The molecule has 1 aliphatic heterocycles. The first-order valence-electron chi connectivity index (χ1n) is 9.91. The summed E-state index contributed by atoms with van der Waals surface area (Å²) >= 11 is 6.08. The van der Waals surface area contributed by atoms with Crippen LogP contribution in [0.25, 0.3) is 5.57 Å². The summed E-state index contributed by atoms with van der Waals surface area (Å²) < 4.78 is 6.12. The van der Waals surface area contributed by atoms with E-state index in [1.54, 1.807) is 12.3 Å². The molecule has 154 valence electrons. The molecule has 4 nitrogen and oxygen atoms in total. The summed E-state index contributed by atoms with van der Waals surface area (Å²) in [6, 6.07) is 25.3. The van der Waals surface area contributed by atoms with Crippen molar-refractivity contribution in [3.05, 3.63) is 125 Å². The molecule has 5 heteroatoms. The summed E-state index contributed by atoms with van der Waals surface area (Å²) in [7, 11) is 0. The summed E-state index contributed by atoms with van der Waals surface area (Å²) in [5, 5.41) is 7.45. The zero-order chi connectivity index (χ0) is 21.5. The van der Waals surface area contributed by atoms with Crippen LogP contribution >= 0.6 is 11.6 Å². The smallest absolute Gasteiger partial charge is 0.139 e. The topological polar surface area (TPSA) is 45.7 Å². The predicted octanol–water partition coefficient (Wildman–Crippen LogP) is 6.29. The molecule has 0 atom stereocenters. The molecule has 3 aromatic carbocycles. The lowest BCUT2D eigenvalue weighted by Gasteiger charge is -2.20. The number of ether oxygens (including phenoxy) is 1. The average Bonchev–Trinajstić information content (AvgIpc) is 2.80. The van der Waals surface area contributed by atoms with E-state index in [9.17, 15) is 0 Å². The zero-order valence-electron chi connectivity index (χ0n) is 16.9. The van der Waals surface area contributed by atoms with Gasteiger partial charge in [-0.25, -0.2) is 4.99 Å². The molecule has 0 amide bonds. The number of nitrogens with zero attached hydrogens (tertiary/aromatic N) is 1. The summed E-state index contributed by atoms with van der Waals surface area (Å²) in [6.45, 7) is 4.64. The van der Waals surface area contributed by atoms with E-state index in [4.69, 9.17) is 16.3 Å². The van der Waals surface area contributed by atoms with Crippen molar-refractivity contribution in [1.29, 1.82) is 0 Å². The first-order chi connectivity index (χ1) is 15.2. The van der Waals surface area contributed by atoms with E-state index in [1.165, 1.54) is 0 Å². The Morgan fingerprint density at radius 1 is 1.03 bits per heavy atom. The van der Waals surface area contributed by atoms with Crippen LogP contribution in [0.15, 0.2) is 114 Å². The SMILES string of the molecule is C=C/C(=C1/N=CC=C(NCc2cccc(Cl)c2)N1)c1ccccc1Oc1ccccc1. The number of hydrogen-bond acceptors (Lipinski definition) is 4. The van der Waals surface area contributed by atoms with Gasteiger partial charge in [-0.1, -0.05) is 72.8 Å². The van der Waals surface area contributed by atoms with Crippen LogP contribution in [0.4, 0.5) is 0 Å². The van der Waals surface area contributed by atoms with Crippen LogP contribution in [0.2, 0.25) is 5.02 Å². The second-order valence-corrected chi connectivity index (χ2v) is 7.28. The van der Waals surface area contributed by atoms with Gasteiger partial charge in [0.25, 0.3) is 0 Å². The summed E-state index contributed by atoms with van der Waals surface area (Å²) in [5.41, 5.74) is 2.84. The Labute approximate surface area is 187 Å².